The van der Waals surface area contributed by atoms with Crippen LogP contribution >= 0.6 is 0 Å². The van der Waals surface area contributed by atoms with Gasteiger partial charge in [0, 0.05) is 12.4 Å². The summed E-state index contributed by atoms with van der Waals surface area (Å²) in [7, 11) is 0. The molecule has 12 nitrogen and oxygen atoms in total. The van der Waals surface area contributed by atoms with Gasteiger partial charge >= 0.3 is 0 Å². The standard InChI is InChI=1S/C28H25N9O3/c1-28(2)22-17(24(39)35-28)11-12-21(32-22)33-27-30-14-18(25-36-37-26(40-25)19-10-6-7-13-29-19)23(34-27)31-20(15-38)16-8-4-3-5-9-16/h3-14,20,38H,15H2,1-2H3,(H,35,39)(H2,30,31,32,33,34)/t20-/m1/s1. The van der Waals surface area contributed by atoms with E-state index in [1.165, 1.54) is 0 Å². The number of aliphatic hydroxyl groups is 1. The first-order valence-electron chi connectivity index (χ1n) is 12.6. The molecule has 0 unspecified atom stereocenters. The number of fused-ring (bicyclic) bond motifs is 1. The van der Waals surface area contributed by atoms with E-state index in [1.807, 2.05) is 50.2 Å². The Hall–Kier alpha value is -5.23. The van der Waals surface area contributed by atoms with Crippen LogP contribution in [0.1, 0.15) is 41.5 Å². The lowest BCUT2D eigenvalue weighted by Crippen LogP contribution is -2.33. The molecule has 0 aliphatic carbocycles. The van der Waals surface area contributed by atoms with Crippen LogP contribution in [-0.2, 0) is 5.54 Å². The second kappa shape index (κ2) is 10.2. The van der Waals surface area contributed by atoms with Crippen molar-refractivity contribution in [2.45, 2.75) is 25.4 Å². The third kappa shape index (κ3) is 4.83. The zero-order valence-corrected chi connectivity index (χ0v) is 21.7. The van der Waals surface area contributed by atoms with Crippen molar-refractivity contribution in [1.82, 2.24) is 35.5 Å². The largest absolute Gasteiger partial charge is 0.414 e. The fourth-order valence-corrected chi connectivity index (χ4v) is 4.43. The minimum absolute atomic E-state index is 0.160. The quantitative estimate of drug-likeness (QED) is 0.228. The number of nitrogens with one attached hydrogen (secondary N) is 3. The molecule has 1 aliphatic heterocycles. The summed E-state index contributed by atoms with van der Waals surface area (Å²) in [6.07, 6.45) is 3.19. The number of benzene rings is 1. The minimum atomic E-state index is -0.602. The van der Waals surface area contributed by atoms with Crippen LogP contribution in [0.5, 0.6) is 0 Å². The van der Waals surface area contributed by atoms with E-state index in [9.17, 15) is 9.90 Å². The van der Waals surface area contributed by atoms with Crippen LogP contribution in [0, 0.1) is 0 Å². The highest BCUT2D eigenvalue weighted by Crippen LogP contribution is 2.33. The van der Waals surface area contributed by atoms with E-state index in [2.05, 4.69) is 46.1 Å². The van der Waals surface area contributed by atoms with Crippen molar-refractivity contribution in [3.63, 3.8) is 0 Å². The average Bonchev–Trinajstić information content (AvgIpc) is 3.55. The third-order valence-corrected chi connectivity index (χ3v) is 6.42. The summed E-state index contributed by atoms with van der Waals surface area (Å²) in [5.74, 6) is 1.34. The SMILES string of the molecule is CC1(C)NC(=O)c2ccc(Nc3ncc(-c4nnc(-c5ccccn5)o4)c(N[C@H](CO)c4ccccc4)n3)nc21. The molecule has 0 saturated carbocycles. The number of carbonyl (C=O) groups excluding carboxylic acids is 1. The molecule has 0 fully saturated rings. The Morgan fingerprint density at radius 1 is 0.950 bits per heavy atom. The molecule has 12 heteroatoms. The van der Waals surface area contributed by atoms with Crippen molar-refractivity contribution >= 4 is 23.5 Å². The summed E-state index contributed by atoms with van der Waals surface area (Å²) in [6.45, 7) is 3.59. The second-order valence-electron chi connectivity index (χ2n) is 9.67. The fourth-order valence-electron chi connectivity index (χ4n) is 4.43. The lowest BCUT2D eigenvalue weighted by Gasteiger charge is -2.20. The van der Waals surface area contributed by atoms with Crippen LogP contribution in [0.2, 0.25) is 0 Å². The lowest BCUT2D eigenvalue weighted by atomic mass is 10.0. The van der Waals surface area contributed by atoms with Crippen molar-refractivity contribution in [2.24, 2.45) is 0 Å². The van der Waals surface area contributed by atoms with Crippen molar-refractivity contribution in [3.8, 4) is 23.0 Å². The number of hydrogen-bond donors (Lipinski definition) is 4. The van der Waals surface area contributed by atoms with E-state index in [4.69, 9.17) is 4.42 Å². The summed E-state index contributed by atoms with van der Waals surface area (Å²) in [4.78, 5) is 30.3. The first-order valence-corrected chi connectivity index (χ1v) is 12.6. The van der Waals surface area contributed by atoms with E-state index in [0.717, 1.165) is 5.56 Å². The molecule has 5 heterocycles. The highest BCUT2D eigenvalue weighted by Gasteiger charge is 2.36. The predicted molar refractivity (Wildman–Crippen MR) is 146 cm³/mol. The number of carbonyl (C=O) groups is 1. The third-order valence-electron chi connectivity index (χ3n) is 6.42. The van der Waals surface area contributed by atoms with Gasteiger partial charge < -0.3 is 25.5 Å². The normalized spacial score (nSPS) is 14.3. The maximum absolute atomic E-state index is 12.3. The second-order valence-corrected chi connectivity index (χ2v) is 9.67. The van der Waals surface area contributed by atoms with Crippen molar-refractivity contribution in [1.29, 1.82) is 0 Å². The molecule has 0 radical (unpaired) electrons. The van der Waals surface area contributed by atoms with Crippen molar-refractivity contribution in [2.75, 3.05) is 17.2 Å². The van der Waals surface area contributed by atoms with Gasteiger partial charge in [-0.1, -0.05) is 36.4 Å². The molecule has 0 saturated heterocycles. The van der Waals surface area contributed by atoms with Gasteiger partial charge in [-0.05, 0) is 43.7 Å². The van der Waals surface area contributed by atoms with Gasteiger partial charge in [-0.2, -0.15) is 4.98 Å². The summed E-state index contributed by atoms with van der Waals surface area (Å²) < 4.78 is 5.92. The Labute approximate surface area is 229 Å². The maximum atomic E-state index is 12.3. The molecule has 0 spiro atoms. The van der Waals surface area contributed by atoms with E-state index in [0.29, 0.717) is 34.2 Å². The fraction of sp³-hybridized carbons (Fsp3) is 0.179. The van der Waals surface area contributed by atoms with Crippen LogP contribution in [0.25, 0.3) is 23.0 Å². The highest BCUT2D eigenvalue weighted by molar-refractivity contribution is 5.99. The Balaban J connectivity index is 1.36. The Morgan fingerprint density at radius 2 is 1.75 bits per heavy atom. The van der Waals surface area contributed by atoms with E-state index >= 15 is 0 Å². The number of pyridine rings is 2. The van der Waals surface area contributed by atoms with Gasteiger partial charge in [-0.25, -0.2) is 9.97 Å². The molecule has 4 N–H and O–H groups in total. The molecule has 40 heavy (non-hydrogen) atoms. The van der Waals surface area contributed by atoms with Gasteiger partial charge in [-0.15, -0.1) is 10.2 Å². The van der Waals surface area contributed by atoms with E-state index < -0.39 is 11.6 Å². The van der Waals surface area contributed by atoms with E-state index in [-0.39, 0.29) is 30.2 Å². The van der Waals surface area contributed by atoms with Crippen LogP contribution < -0.4 is 16.0 Å². The number of aromatic nitrogens is 6. The Bertz CT molecular complexity index is 1670. The summed E-state index contributed by atoms with van der Waals surface area (Å²) in [5.41, 5.74) is 2.40. The first-order chi connectivity index (χ1) is 19.4. The molecule has 1 atom stereocenters. The highest BCUT2D eigenvalue weighted by atomic mass is 16.4. The number of aliphatic hydroxyl groups excluding tert-OH is 1. The number of amides is 1. The molecule has 5 aromatic rings. The molecule has 1 aromatic carbocycles. The van der Waals surface area contributed by atoms with Gasteiger partial charge in [0.05, 0.1) is 35.0 Å². The van der Waals surface area contributed by atoms with Gasteiger partial charge in [0.1, 0.15) is 17.3 Å². The number of rotatable bonds is 8. The van der Waals surface area contributed by atoms with Crippen LogP contribution in [0.4, 0.5) is 17.6 Å². The summed E-state index contributed by atoms with van der Waals surface area (Å²) in [5, 5.41) is 27.8. The Kier molecular flexibility index (Phi) is 6.36. The monoisotopic (exact) mass is 535 g/mol. The first kappa shape index (κ1) is 25.1. The van der Waals surface area contributed by atoms with Gasteiger partial charge in [-0.3, -0.25) is 9.78 Å². The molecule has 1 aliphatic rings. The zero-order chi connectivity index (χ0) is 27.7. The number of nitrogens with zero attached hydrogens (tertiary/aromatic N) is 6. The Morgan fingerprint density at radius 3 is 2.52 bits per heavy atom. The summed E-state index contributed by atoms with van der Waals surface area (Å²) >= 11 is 0. The molecule has 200 valence electrons. The predicted octanol–water partition coefficient (Wildman–Crippen LogP) is 3.85. The topological polar surface area (TPSA) is 164 Å². The lowest BCUT2D eigenvalue weighted by molar-refractivity contribution is 0.0940. The number of hydrogen-bond acceptors (Lipinski definition) is 11. The molecule has 4 aromatic heterocycles. The molecule has 1 amide bonds. The minimum Gasteiger partial charge on any atom is -0.414 e. The maximum Gasteiger partial charge on any atom is 0.266 e. The van der Waals surface area contributed by atoms with Crippen molar-refractivity contribution < 1.29 is 14.3 Å². The molecular formula is C28H25N9O3. The van der Waals surface area contributed by atoms with Crippen LogP contribution in [0.15, 0.2) is 77.5 Å². The van der Waals surface area contributed by atoms with Gasteiger partial charge in [0.2, 0.25) is 5.95 Å². The summed E-state index contributed by atoms with van der Waals surface area (Å²) in [6, 6.07) is 17.8. The average molecular weight is 536 g/mol. The van der Waals surface area contributed by atoms with Crippen LogP contribution in [0.3, 0.4) is 0 Å². The zero-order valence-electron chi connectivity index (χ0n) is 21.7. The molecular weight excluding hydrogens is 510 g/mol. The van der Waals surface area contributed by atoms with Gasteiger partial charge in [0.15, 0.2) is 0 Å². The molecule has 0 bridgehead atoms. The smallest absolute Gasteiger partial charge is 0.266 e. The van der Waals surface area contributed by atoms with Crippen LogP contribution in [-0.4, -0.2) is 47.8 Å². The van der Waals surface area contributed by atoms with Crippen molar-refractivity contribution in [3.05, 3.63) is 89.9 Å². The molecule has 6 rings (SSSR count). The van der Waals surface area contributed by atoms with E-state index in [1.54, 1.807) is 36.7 Å². The van der Waals surface area contributed by atoms with Gasteiger partial charge in [0.25, 0.3) is 17.7 Å². The number of anilines is 3.